The molecule has 1 amide bonds. The lowest BCUT2D eigenvalue weighted by Crippen LogP contribution is -2.49. The van der Waals surface area contributed by atoms with E-state index in [9.17, 15) is 14.7 Å². The number of carboxylic acid groups (broad SMARTS) is 1. The molecule has 0 unspecified atom stereocenters. The van der Waals surface area contributed by atoms with Crippen LogP contribution in [-0.4, -0.2) is 40.7 Å². The summed E-state index contributed by atoms with van der Waals surface area (Å²) >= 11 is 0. The summed E-state index contributed by atoms with van der Waals surface area (Å²) in [6.07, 6.45) is 1.92. The number of amides is 1. The van der Waals surface area contributed by atoms with Crippen molar-refractivity contribution in [1.82, 2.24) is 10.6 Å². The number of hydrogen-bond acceptors (Lipinski definition) is 4. The van der Waals surface area contributed by atoms with Gasteiger partial charge in [-0.25, -0.2) is 0 Å². The maximum absolute atomic E-state index is 12.5. The number of hydrogen-bond donors (Lipinski definition) is 4. The summed E-state index contributed by atoms with van der Waals surface area (Å²) in [4.78, 5) is 23.5. The minimum absolute atomic E-state index is 0.209. The highest BCUT2D eigenvalue weighted by Crippen LogP contribution is 2.11. The summed E-state index contributed by atoms with van der Waals surface area (Å²) in [6.45, 7) is 1.99. The van der Waals surface area contributed by atoms with Gasteiger partial charge in [0.1, 0.15) is 11.8 Å². The van der Waals surface area contributed by atoms with Crippen molar-refractivity contribution in [3.8, 4) is 5.75 Å². The Hall–Kier alpha value is -2.86. The van der Waals surface area contributed by atoms with E-state index >= 15 is 0 Å². The maximum Gasteiger partial charge on any atom is 0.325 e. The fraction of sp³-hybridized carbons (Fsp3) is 0.333. The third-order valence-electron chi connectivity index (χ3n) is 4.33. The van der Waals surface area contributed by atoms with Gasteiger partial charge in [-0.3, -0.25) is 9.59 Å². The zero-order valence-electron chi connectivity index (χ0n) is 15.4. The number of nitrogens with one attached hydrogen (secondary N) is 2. The smallest absolute Gasteiger partial charge is 0.325 e. The molecule has 0 aliphatic heterocycles. The Morgan fingerprint density at radius 1 is 1.00 bits per heavy atom. The van der Waals surface area contributed by atoms with E-state index in [1.165, 1.54) is 6.92 Å². The Kier molecular flexibility index (Phi) is 7.82. The van der Waals surface area contributed by atoms with E-state index in [2.05, 4.69) is 10.6 Å². The van der Waals surface area contributed by atoms with Gasteiger partial charge in [0.2, 0.25) is 5.91 Å². The van der Waals surface area contributed by atoms with E-state index in [-0.39, 0.29) is 11.7 Å². The molecular weight excluding hydrogens is 344 g/mol. The zero-order valence-corrected chi connectivity index (χ0v) is 15.4. The number of carbonyl (C=O) groups excluding carboxylic acids is 1. The van der Waals surface area contributed by atoms with Crippen molar-refractivity contribution in [2.75, 3.05) is 6.54 Å². The SMILES string of the molecule is C[C@H](NC(=O)[C@@H](CCc1ccccc1)NCCc1cccc(O)c1)C(=O)O. The highest BCUT2D eigenvalue weighted by molar-refractivity contribution is 5.86. The summed E-state index contributed by atoms with van der Waals surface area (Å²) in [7, 11) is 0. The first-order valence-corrected chi connectivity index (χ1v) is 9.04. The zero-order chi connectivity index (χ0) is 19.6. The summed E-state index contributed by atoms with van der Waals surface area (Å²) in [5.41, 5.74) is 2.08. The average molecular weight is 370 g/mol. The molecular formula is C21H26N2O4. The van der Waals surface area contributed by atoms with Crippen LogP contribution in [0.2, 0.25) is 0 Å². The normalized spacial score (nSPS) is 12.9. The lowest BCUT2D eigenvalue weighted by molar-refractivity contribution is -0.141. The van der Waals surface area contributed by atoms with Crippen LogP contribution < -0.4 is 10.6 Å². The number of rotatable bonds is 10. The van der Waals surface area contributed by atoms with Gasteiger partial charge in [0.05, 0.1) is 6.04 Å². The third kappa shape index (κ3) is 7.11. The number of phenolic OH excluding ortho intramolecular Hbond substituents is 1. The molecule has 0 saturated carbocycles. The average Bonchev–Trinajstić information content (AvgIpc) is 2.65. The highest BCUT2D eigenvalue weighted by Gasteiger charge is 2.22. The Morgan fingerprint density at radius 2 is 1.70 bits per heavy atom. The molecule has 0 heterocycles. The van der Waals surface area contributed by atoms with Crippen LogP contribution in [0.1, 0.15) is 24.5 Å². The molecule has 0 aliphatic rings. The van der Waals surface area contributed by atoms with Gasteiger partial charge >= 0.3 is 5.97 Å². The lowest BCUT2D eigenvalue weighted by Gasteiger charge is -2.20. The highest BCUT2D eigenvalue weighted by atomic mass is 16.4. The van der Waals surface area contributed by atoms with Crippen molar-refractivity contribution in [2.45, 2.75) is 38.3 Å². The van der Waals surface area contributed by atoms with Gasteiger partial charge in [-0.2, -0.15) is 0 Å². The van der Waals surface area contributed by atoms with Crippen LogP contribution >= 0.6 is 0 Å². The fourth-order valence-corrected chi connectivity index (χ4v) is 2.76. The van der Waals surface area contributed by atoms with Gasteiger partial charge in [0, 0.05) is 0 Å². The van der Waals surface area contributed by atoms with Crippen LogP contribution in [0.25, 0.3) is 0 Å². The van der Waals surface area contributed by atoms with E-state index < -0.39 is 18.1 Å². The molecule has 6 heteroatoms. The topological polar surface area (TPSA) is 98.7 Å². The maximum atomic E-state index is 12.5. The van der Waals surface area contributed by atoms with Crippen molar-refractivity contribution >= 4 is 11.9 Å². The first kappa shape index (κ1) is 20.5. The van der Waals surface area contributed by atoms with Crippen molar-refractivity contribution in [2.24, 2.45) is 0 Å². The summed E-state index contributed by atoms with van der Waals surface area (Å²) in [5, 5.41) is 24.3. The van der Waals surface area contributed by atoms with Crippen molar-refractivity contribution in [1.29, 1.82) is 0 Å². The molecule has 0 spiro atoms. The second kappa shape index (κ2) is 10.3. The Morgan fingerprint density at radius 3 is 2.37 bits per heavy atom. The van der Waals surface area contributed by atoms with Gasteiger partial charge in [-0.05, 0) is 56.0 Å². The van der Waals surface area contributed by atoms with E-state index in [0.717, 1.165) is 11.1 Å². The predicted molar refractivity (Wildman–Crippen MR) is 104 cm³/mol. The molecule has 27 heavy (non-hydrogen) atoms. The van der Waals surface area contributed by atoms with Crippen LogP contribution in [0.4, 0.5) is 0 Å². The number of aromatic hydroxyl groups is 1. The van der Waals surface area contributed by atoms with Crippen molar-refractivity contribution < 1.29 is 19.8 Å². The molecule has 0 saturated heterocycles. The second-order valence-electron chi connectivity index (χ2n) is 6.52. The Labute approximate surface area is 159 Å². The molecule has 0 fully saturated rings. The van der Waals surface area contributed by atoms with E-state index in [4.69, 9.17) is 5.11 Å². The molecule has 2 rings (SSSR count). The Balaban J connectivity index is 1.94. The van der Waals surface area contributed by atoms with Crippen LogP contribution in [0, 0.1) is 0 Å². The number of phenols is 1. The quantitative estimate of drug-likeness (QED) is 0.513. The van der Waals surface area contributed by atoms with E-state index in [1.807, 2.05) is 36.4 Å². The van der Waals surface area contributed by atoms with Gasteiger partial charge in [0.15, 0.2) is 0 Å². The number of aliphatic carboxylic acids is 1. The van der Waals surface area contributed by atoms with Crippen molar-refractivity contribution in [3.63, 3.8) is 0 Å². The first-order valence-electron chi connectivity index (χ1n) is 9.04. The minimum atomic E-state index is -1.06. The summed E-state index contributed by atoms with van der Waals surface area (Å²) in [6, 6.07) is 15.4. The molecule has 2 atom stereocenters. The van der Waals surface area contributed by atoms with Crippen LogP contribution in [0.15, 0.2) is 54.6 Å². The van der Waals surface area contributed by atoms with Crippen LogP contribution in [0.5, 0.6) is 5.75 Å². The summed E-state index contributed by atoms with van der Waals surface area (Å²) < 4.78 is 0. The van der Waals surface area contributed by atoms with E-state index in [0.29, 0.717) is 25.8 Å². The predicted octanol–water partition coefficient (Wildman–Crippen LogP) is 2.11. The third-order valence-corrected chi connectivity index (χ3v) is 4.33. The number of benzene rings is 2. The minimum Gasteiger partial charge on any atom is -0.508 e. The van der Waals surface area contributed by atoms with Crippen LogP contribution in [-0.2, 0) is 22.4 Å². The molecule has 144 valence electrons. The molecule has 2 aromatic rings. The molecule has 2 aromatic carbocycles. The Bertz CT molecular complexity index is 749. The van der Waals surface area contributed by atoms with Gasteiger partial charge in [-0.15, -0.1) is 0 Å². The van der Waals surface area contributed by atoms with Crippen LogP contribution in [0.3, 0.4) is 0 Å². The molecule has 6 nitrogen and oxygen atoms in total. The van der Waals surface area contributed by atoms with Gasteiger partial charge < -0.3 is 20.8 Å². The lowest BCUT2D eigenvalue weighted by atomic mass is 10.0. The number of carbonyl (C=O) groups is 2. The molecule has 0 aromatic heterocycles. The van der Waals surface area contributed by atoms with Gasteiger partial charge in [-0.1, -0.05) is 42.5 Å². The molecule has 0 bridgehead atoms. The standard InChI is InChI=1S/C21H26N2O4/c1-15(21(26)27)23-20(25)19(11-10-16-6-3-2-4-7-16)22-13-12-17-8-5-9-18(24)14-17/h2-9,14-15,19,22,24H,10-13H2,1H3,(H,23,25)(H,26,27)/t15-,19+/m0/s1. The largest absolute Gasteiger partial charge is 0.508 e. The second-order valence-corrected chi connectivity index (χ2v) is 6.52. The molecule has 4 N–H and O–H groups in total. The number of carboxylic acids is 1. The van der Waals surface area contributed by atoms with E-state index in [1.54, 1.807) is 18.2 Å². The van der Waals surface area contributed by atoms with Crippen molar-refractivity contribution in [3.05, 3.63) is 65.7 Å². The molecule has 0 radical (unpaired) electrons. The number of aryl methyl sites for hydroxylation is 1. The fourth-order valence-electron chi connectivity index (χ4n) is 2.76. The van der Waals surface area contributed by atoms with Gasteiger partial charge in [0.25, 0.3) is 0 Å². The molecule has 0 aliphatic carbocycles. The summed E-state index contributed by atoms with van der Waals surface area (Å²) in [5.74, 6) is -1.18. The first-order chi connectivity index (χ1) is 13.0. The monoisotopic (exact) mass is 370 g/mol.